The minimum Gasteiger partial charge on any atom is -0.481 e. The predicted molar refractivity (Wildman–Crippen MR) is 92.8 cm³/mol. The minimum atomic E-state index is -0.877. The number of amides is 1. The van der Waals surface area contributed by atoms with Gasteiger partial charge in [0.2, 0.25) is 5.91 Å². The first-order chi connectivity index (χ1) is 12.0. The molecule has 7 heteroatoms. The van der Waals surface area contributed by atoms with E-state index < -0.39 is 11.4 Å². The lowest BCUT2D eigenvalue weighted by atomic mass is 9.79. The van der Waals surface area contributed by atoms with Crippen LogP contribution in [-0.2, 0) is 9.59 Å². The zero-order valence-electron chi connectivity index (χ0n) is 13.8. The molecule has 0 unspecified atom stereocenters. The number of carbonyl (C=O) groups is 2. The molecule has 7 nitrogen and oxygen atoms in total. The molecular formula is C18H21N3O4. The van der Waals surface area contributed by atoms with Crippen molar-refractivity contribution in [2.75, 3.05) is 5.32 Å². The third-order valence-corrected chi connectivity index (χ3v) is 4.73. The molecule has 3 N–H and O–H groups in total. The fourth-order valence-corrected chi connectivity index (χ4v) is 3.63. The van der Waals surface area contributed by atoms with E-state index in [1.165, 1.54) is 10.7 Å². The van der Waals surface area contributed by atoms with Crippen LogP contribution >= 0.6 is 0 Å². The van der Waals surface area contributed by atoms with Gasteiger partial charge in [-0.25, -0.2) is 4.68 Å². The monoisotopic (exact) mass is 343 g/mol. The number of carbonyl (C=O) groups excluding carboxylic acids is 1. The summed E-state index contributed by atoms with van der Waals surface area (Å²) in [5.74, 6) is -0.842. The van der Waals surface area contributed by atoms with Crippen molar-refractivity contribution in [1.29, 1.82) is 0 Å². The second-order valence-electron chi connectivity index (χ2n) is 6.68. The van der Waals surface area contributed by atoms with Crippen LogP contribution in [0.1, 0.15) is 38.5 Å². The molecular weight excluding hydrogens is 322 g/mol. The Balaban J connectivity index is 1.71. The number of anilines is 1. The van der Waals surface area contributed by atoms with E-state index >= 15 is 0 Å². The number of hydrogen-bond acceptors (Lipinski definition) is 3. The van der Waals surface area contributed by atoms with Gasteiger partial charge in [-0.05, 0) is 30.4 Å². The number of nitrogens with one attached hydrogen (secondary N) is 2. The Morgan fingerprint density at radius 1 is 1.16 bits per heavy atom. The fraction of sp³-hybridized carbons (Fsp3) is 0.389. The van der Waals surface area contributed by atoms with Crippen molar-refractivity contribution in [3.8, 4) is 5.69 Å². The molecule has 0 radical (unpaired) electrons. The van der Waals surface area contributed by atoms with Crippen LogP contribution in [0.5, 0.6) is 0 Å². The van der Waals surface area contributed by atoms with Crippen molar-refractivity contribution in [2.24, 2.45) is 5.41 Å². The number of carboxylic acids is 1. The standard InChI is InChI=1S/C18H21N3O4/c22-15(11-18(12-17(24)25)8-4-5-9-18)19-14-10-16(23)21(20-14)13-6-2-1-3-7-13/h1-3,6-7,10,20H,4-5,8-9,11-12H2,(H,19,22)(H,24,25). The molecule has 1 saturated carbocycles. The molecule has 1 aliphatic carbocycles. The maximum absolute atomic E-state index is 12.4. The van der Waals surface area contributed by atoms with Crippen LogP contribution in [0, 0.1) is 5.41 Å². The Hall–Kier alpha value is -2.83. The lowest BCUT2D eigenvalue weighted by Crippen LogP contribution is -2.27. The number of nitrogens with zero attached hydrogens (tertiary/aromatic N) is 1. The van der Waals surface area contributed by atoms with Crippen LogP contribution in [0.4, 0.5) is 5.82 Å². The summed E-state index contributed by atoms with van der Waals surface area (Å²) in [6.45, 7) is 0. The zero-order valence-corrected chi connectivity index (χ0v) is 13.8. The topological polar surface area (TPSA) is 104 Å². The minimum absolute atomic E-state index is 0.00195. The normalized spacial score (nSPS) is 15.8. The van der Waals surface area contributed by atoms with E-state index in [1.807, 2.05) is 18.2 Å². The van der Waals surface area contributed by atoms with Crippen LogP contribution in [0.15, 0.2) is 41.2 Å². The first-order valence-corrected chi connectivity index (χ1v) is 8.37. The molecule has 1 aromatic carbocycles. The maximum atomic E-state index is 12.4. The van der Waals surface area contributed by atoms with E-state index in [0.717, 1.165) is 25.7 Å². The highest BCUT2D eigenvalue weighted by Gasteiger charge is 2.38. The molecule has 0 saturated heterocycles. The van der Waals surface area contributed by atoms with E-state index in [2.05, 4.69) is 10.4 Å². The maximum Gasteiger partial charge on any atom is 0.303 e. The zero-order chi connectivity index (χ0) is 17.9. The average Bonchev–Trinajstić information content (AvgIpc) is 3.14. The fourth-order valence-electron chi connectivity index (χ4n) is 3.63. The van der Waals surface area contributed by atoms with Gasteiger partial charge in [-0.3, -0.25) is 19.5 Å². The molecule has 2 aromatic rings. The SMILES string of the molecule is O=C(O)CC1(CC(=O)Nc2cc(=O)n(-c3ccccc3)[nH]2)CCCC1. The number of hydrogen-bond donors (Lipinski definition) is 3. The van der Waals surface area contributed by atoms with Gasteiger partial charge in [0.25, 0.3) is 5.56 Å². The molecule has 1 aliphatic rings. The number of benzene rings is 1. The highest BCUT2D eigenvalue weighted by molar-refractivity contribution is 5.90. The van der Waals surface area contributed by atoms with E-state index in [4.69, 9.17) is 5.11 Å². The van der Waals surface area contributed by atoms with Gasteiger partial charge in [0, 0.05) is 12.5 Å². The van der Waals surface area contributed by atoms with E-state index in [9.17, 15) is 14.4 Å². The predicted octanol–water partition coefficient (Wildman–Crippen LogP) is 2.53. The number of carboxylic acid groups (broad SMARTS) is 1. The molecule has 0 atom stereocenters. The van der Waals surface area contributed by atoms with Crippen LogP contribution in [0.3, 0.4) is 0 Å². The van der Waals surface area contributed by atoms with Gasteiger partial charge in [-0.1, -0.05) is 31.0 Å². The van der Waals surface area contributed by atoms with E-state index in [1.54, 1.807) is 12.1 Å². The molecule has 1 fully saturated rings. The Kier molecular flexibility index (Phi) is 4.74. The summed E-state index contributed by atoms with van der Waals surface area (Å²) in [5, 5.41) is 14.7. The van der Waals surface area contributed by atoms with Gasteiger partial charge >= 0.3 is 5.97 Å². The summed E-state index contributed by atoms with van der Waals surface area (Å²) in [4.78, 5) is 35.6. The Morgan fingerprint density at radius 3 is 2.48 bits per heavy atom. The number of aromatic amines is 1. The molecule has 25 heavy (non-hydrogen) atoms. The summed E-state index contributed by atoms with van der Waals surface area (Å²) in [5.41, 5.74) is -0.0770. The van der Waals surface area contributed by atoms with Gasteiger partial charge in [0.1, 0.15) is 5.82 Å². The molecule has 0 aliphatic heterocycles. The molecule has 3 rings (SSSR count). The largest absolute Gasteiger partial charge is 0.481 e. The molecule has 132 valence electrons. The summed E-state index contributed by atoms with van der Waals surface area (Å²) >= 11 is 0. The van der Waals surface area contributed by atoms with E-state index in [0.29, 0.717) is 11.5 Å². The summed E-state index contributed by atoms with van der Waals surface area (Å²) < 4.78 is 1.35. The molecule has 0 bridgehead atoms. The highest BCUT2D eigenvalue weighted by atomic mass is 16.4. The highest BCUT2D eigenvalue weighted by Crippen LogP contribution is 2.44. The van der Waals surface area contributed by atoms with Crippen molar-refractivity contribution in [3.05, 3.63) is 46.8 Å². The van der Waals surface area contributed by atoms with Gasteiger partial charge < -0.3 is 10.4 Å². The molecule has 1 aromatic heterocycles. The van der Waals surface area contributed by atoms with Crippen molar-refractivity contribution < 1.29 is 14.7 Å². The summed E-state index contributed by atoms with van der Waals surface area (Å²) in [6, 6.07) is 10.4. The Bertz CT molecular complexity index is 816. The third kappa shape index (κ3) is 3.99. The molecule has 1 amide bonds. The molecule has 1 heterocycles. The van der Waals surface area contributed by atoms with Crippen molar-refractivity contribution in [2.45, 2.75) is 38.5 Å². The smallest absolute Gasteiger partial charge is 0.303 e. The van der Waals surface area contributed by atoms with Gasteiger partial charge in [-0.15, -0.1) is 0 Å². The summed E-state index contributed by atoms with van der Waals surface area (Å²) in [6.07, 6.45) is 3.53. The van der Waals surface area contributed by atoms with Crippen molar-refractivity contribution in [3.63, 3.8) is 0 Å². The third-order valence-electron chi connectivity index (χ3n) is 4.73. The number of aromatic nitrogens is 2. The van der Waals surface area contributed by atoms with Gasteiger partial charge in [0.05, 0.1) is 12.1 Å². The second kappa shape index (κ2) is 6.96. The Labute approximate surface area is 144 Å². The van der Waals surface area contributed by atoms with Gasteiger partial charge in [0.15, 0.2) is 0 Å². The number of rotatable bonds is 6. The van der Waals surface area contributed by atoms with Crippen LogP contribution < -0.4 is 10.9 Å². The molecule has 0 spiro atoms. The van der Waals surface area contributed by atoms with E-state index in [-0.39, 0.29) is 24.3 Å². The second-order valence-corrected chi connectivity index (χ2v) is 6.68. The lowest BCUT2D eigenvalue weighted by molar-refractivity contribution is -0.140. The first kappa shape index (κ1) is 17.0. The number of para-hydroxylation sites is 1. The quantitative estimate of drug-likeness (QED) is 0.749. The van der Waals surface area contributed by atoms with Crippen LogP contribution in [0.25, 0.3) is 5.69 Å². The van der Waals surface area contributed by atoms with Crippen molar-refractivity contribution in [1.82, 2.24) is 9.78 Å². The first-order valence-electron chi connectivity index (χ1n) is 8.37. The number of H-pyrrole nitrogens is 1. The van der Waals surface area contributed by atoms with Crippen LogP contribution in [-0.4, -0.2) is 26.8 Å². The average molecular weight is 343 g/mol. The lowest BCUT2D eigenvalue weighted by Gasteiger charge is -2.26. The Morgan fingerprint density at radius 2 is 1.84 bits per heavy atom. The van der Waals surface area contributed by atoms with Gasteiger partial charge in [-0.2, -0.15) is 0 Å². The van der Waals surface area contributed by atoms with Crippen LogP contribution in [0.2, 0.25) is 0 Å². The van der Waals surface area contributed by atoms with Crippen molar-refractivity contribution >= 4 is 17.7 Å². The number of aliphatic carboxylic acids is 1. The summed E-state index contributed by atoms with van der Waals surface area (Å²) in [7, 11) is 0.